The first-order valence-corrected chi connectivity index (χ1v) is 9.03. The molecule has 6 heteroatoms. The largest absolute Gasteiger partial charge is 0.379 e. The van der Waals surface area contributed by atoms with Crippen molar-refractivity contribution in [3.8, 4) is 0 Å². The van der Waals surface area contributed by atoms with Gasteiger partial charge < -0.3 is 20.5 Å². The van der Waals surface area contributed by atoms with Crippen molar-refractivity contribution in [2.75, 3.05) is 13.8 Å². The molecule has 2 saturated carbocycles. The Bertz CT molecular complexity index is 420. The molecule has 0 aromatic carbocycles. The molecule has 0 bridgehead atoms. The lowest BCUT2D eigenvalue weighted by Gasteiger charge is -2.46. The fraction of sp³-hybridized carbons (Fsp3) is 0.941. The van der Waals surface area contributed by atoms with Gasteiger partial charge in [0.05, 0.1) is 31.0 Å². The molecule has 6 nitrogen and oxygen atoms in total. The molecule has 1 saturated heterocycles. The second-order valence-corrected chi connectivity index (χ2v) is 7.50. The van der Waals surface area contributed by atoms with Gasteiger partial charge in [-0.3, -0.25) is 10.1 Å². The zero-order valence-electron chi connectivity index (χ0n) is 14.3. The Morgan fingerprint density at radius 2 is 2.00 bits per heavy atom. The van der Waals surface area contributed by atoms with Crippen LogP contribution < -0.4 is 16.4 Å². The Kier molecular flexibility index (Phi) is 5.57. The van der Waals surface area contributed by atoms with Crippen LogP contribution >= 0.6 is 0 Å². The predicted molar refractivity (Wildman–Crippen MR) is 87.4 cm³/mol. The zero-order valence-corrected chi connectivity index (χ0v) is 14.3. The molecule has 7 unspecified atom stereocenters. The molecule has 23 heavy (non-hydrogen) atoms. The lowest BCUT2D eigenvalue weighted by molar-refractivity contribution is -0.134. The van der Waals surface area contributed by atoms with Crippen molar-refractivity contribution < 1.29 is 14.3 Å². The molecule has 132 valence electrons. The third-order valence-corrected chi connectivity index (χ3v) is 6.00. The fourth-order valence-corrected chi connectivity index (χ4v) is 4.65. The van der Waals surface area contributed by atoms with Gasteiger partial charge in [0.15, 0.2) is 0 Å². The number of nitrogens with two attached hydrogens (primary N) is 1. The van der Waals surface area contributed by atoms with Gasteiger partial charge in [0, 0.05) is 13.2 Å². The van der Waals surface area contributed by atoms with Crippen LogP contribution in [0.1, 0.15) is 45.4 Å². The maximum Gasteiger partial charge on any atom is 0.225 e. The van der Waals surface area contributed by atoms with Gasteiger partial charge in [-0.05, 0) is 50.4 Å². The lowest BCUT2D eigenvalue weighted by Crippen LogP contribution is -2.65. The standard InChI is InChI=1S/C17H31N3O3/c1-10-3-5-13-12(7-10)17(21)20-16(19-13)11-4-6-14(23-9-18)15(8-11)22-2/h10-16,19H,3-9,18H2,1-2H3,(H,20,21). The van der Waals surface area contributed by atoms with Crippen LogP contribution in [-0.4, -0.2) is 44.2 Å². The smallest absolute Gasteiger partial charge is 0.225 e. The number of ether oxygens (including phenoxy) is 2. The topological polar surface area (TPSA) is 85.6 Å². The molecule has 3 aliphatic rings. The normalized spacial score (nSPS) is 44.5. The van der Waals surface area contributed by atoms with Gasteiger partial charge in [0.2, 0.25) is 5.91 Å². The van der Waals surface area contributed by atoms with E-state index in [-0.39, 0.29) is 36.9 Å². The average molecular weight is 325 g/mol. The summed E-state index contributed by atoms with van der Waals surface area (Å²) in [6, 6.07) is 0.337. The highest BCUT2D eigenvalue weighted by Gasteiger charge is 2.43. The molecule has 1 aliphatic heterocycles. The molecule has 1 amide bonds. The Labute approximate surface area is 138 Å². The molecule has 7 atom stereocenters. The van der Waals surface area contributed by atoms with Crippen molar-refractivity contribution in [1.82, 2.24) is 10.6 Å². The van der Waals surface area contributed by atoms with Crippen LogP contribution in [0.4, 0.5) is 0 Å². The first kappa shape index (κ1) is 17.1. The van der Waals surface area contributed by atoms with E-state index in [1.54, 1.807) is 7.11 Å². The third kappa shape index (κ3) is 3.71. The Morgan fingerprint density at radius 1 is 1.17 bits per heavy atom. The van der Waals surface area contributed by atoms with Crippen LogP contribution in [0.5, 0.6) is 0 Å². The minimum atomic E-state index is 0.0557. The van der Waals surface area contributed by atoms with Crippen LogP contribution in [0.3, 0.4) is 0 Å². The van der Waals surface area contributed by atoms with Gasteiger partial charge in [-0.1, -0.05) is 6.92 Å². The Morgan fingerprint density at radius 3 is 2.74 bits per heavy atom. The number of methoxy groups -OCH3 is 1. The van der Waals surface area contributed by atoms with Gasteiger partial charge >= 0.3 is 0 Å². The molecule has 0 aromatic heterocycles. The van der Waals surface area contributed by atoms with Crippen molar-refractivity contribution in [2.24, 2.45) is 23.5 Å². The predicted octanol–water partition coefficient (Wildman–Crippen LogP) is 0.953. The maximum absolute atomic E-state index is 12.5. The number of rotatable bonds is 4. The summed E-state index contributed by atoms with van der Waals surface area (Å²) in [5.74, 6) is 1.42. The number of fused-ring (bicyclic) bond motifs is 1. The number of hydrogen-bond acceptors (Lipinski definition) is 5. The first-order valence-electron chi connectivity index (χ1n) is 9.03. The second-order valence-electron chi connectivity index (χ2n) is 7.50. The SMILES string of the molecule is COC1CC(C2NC(=O)C3CC(C)CCC3N2)CCC1OCN. The van der Waals surface area contributed by atoms with E-state index in [1.165, 1.54) is 6.42 Å². The van der Waals surface area contributed by atoms with Crippen LogP contribution in [0, 0.1) is 17.8 Å². The van der Waals surface area contributed by atoms with Crippen molar-refractivity contribution in [1.29, 1.82) is 0 Å². The Balaban J connectivity index is 1.61. The average Bonchev–Trinajstić information content (AvgIpc) is 2.56. The van der Waals surface area contributed by atoms with E-state index in [0.717, 1.165) is 32.1 Å². The van der Waals surface area contributed by atoms with Crippen molar-refractivity contribution in [2.45, 2.75) is 69.9 Å². The molecular formula is C17H31N3O3. The van der Waals surface area contributed by atoms with Crippen LogP contribution in [0.25, 0.3) is 0 Å². The van der Waals surface area contributed by atoms with Gasteiger partial charge in [0.1, 0.15) is 0 Å². The van der Waals surface area contributed by atoms with E-state index >= 15 is 0 Å². The number of amides is 1. The highest BCUT2D eigenvalue weighted by atomic mass is 16.5. The van der Waals surface area contributed by atoms with Crippen molar-refractivity contribution in [3.05, 3.63) is 0 Å². The van der Waals surface area contributed by atoms with Crippen molar-refractivity contribution in [3.63, 3.8) is 0 Å². The second kappa shape index (κ2) is 7.47. The summed E-state index contributed by atoms with van der Waals surface area (Å²) < 4.78 is 11.2. The summed E-state index contributed by atoms with van der Waals surface area (Å²) in [6.45, 7) is 2.48. The molecule has 3 rings (SSSR count). The Hall–Kier alpha value is -0.690. The quantitative estimate of drug-likeness (QED) is 0.670. The minimum absolute atomic E-state index is 0.0557. The van der Waals surface area contributed by atoms with E-state index in [4.69, 9.17) is 15.2 Å². The molecule has 0 spiro atoms. The van der Waals surface area contributed by atoms with Crippen LogP contribution in [0.15, 0.2) is 0 Å². The molecule has 2 aliphatic carbocycles. The summed E-state index contributed by atoms with van der Waals surface area (Å²) in [7, 11) is 1.73. The van der Waals surface area contributed by atoms with E-state index < -0.39 is 0 Å². The zero-order chi connectivity index (χ0) is 16.4. The number of hydrogen-bond donors (Lipinski definition) is 3. The summed E-state index contributed by atoms with van der Waals surface area (Å²) in [5, 5.41) is 6.94. The monoisotopic (exact) mass is 325 g/mol. The summed E-state index contributed by atoms with van der Waals surface area (Å²) in [6.07, 6.45) is 6.37. The van der Waals surface area contributed by atoms with Crippen molar-refractivity contribution >= 4 is 5.91 Å². The van der Waals surface area contributed by atoms with Crippen LogP contribution in [0.2, 0.25) is 0 Å². The van der Waals surface area contributed by atoms with E-state index in [1.807, 2.05) is 0 Å². The van der Waals surface area contributed by atoms with Gasteiger partial charge in [0.25, 0.3) is 0 Å². The highest BCUT2D eigenvalue weighted by Crippen LogP contribution is 2.35. The third-order valence-electron chi connectivity index (χ3n) is 6.00. The van der Waals surface area contributed by atoms with Gasteiger partial charge in [-0.2, -0.15) is 0 Å². The van der Waals surface area contributed by atoms with Crippen LogP contribution in [-0.2, 0) is 14.3 Å². The molecule has 0 aromatic rings. The summed E-state index contributed by atoms with van der Waals surface area (Å²) >= 11 is 0. The molecule has 1 heterocycles. The number of carbonyl (C=O) groups excluding carboxylic acids is 1. The highest BCUT2D eigenvalue weighted by molar-refractivity contribution is 5.80. The molecule has 0 radical (unpaired) electrons. The van der Waals surface area contributed by atoms with E-state index in [0.29, 0.717) is 17.9 Å². The first-order chi connectivity index (χ1) is 11.1. The maximum atomic E-state index is 12.5. The molecule has 4 N–H and O–H groups in total. The molecular weight excluding hydrogens is 294 g/mol. The lowest BCUT2D eigenvalue weighted by atomic mass is 9.75. The minimum Gasteiger partial charge on any atom is -0.379 e. The van der Waals surface area contributed by atoms with Gasteiger partial charge in [-0.15, -0.1) is 0 Å². The summed E-state index contributed by atoms with van der Waals surface area (Å²) in [5.41, 5.74) is 5.51. The number of nitrogens with one attached hydrogen (secondary N) is 2. The molecule has 3 fully saturated rings. The summed E-state index contributed by atoms with van der Waals surface area (Å²) in [4.78, 5) is 12.5. The fourth-order valence-electron chi connectivity index (χ4n) is 4.65. The van der Waals surface area contributed by atoms with E-state index in [9.17, 15) is 4.79 Å². The van der Waals surface area contributed by atoms with E-state index in [2.05, 4.69) is 17.6 Å². The number of carbonyl (C=O) groups is 1. The van der Waals surface area contributed by atoms with Gasteiger partial charge in [-0.25, -0.2) is 0 Å².